The highest BCUT2D eigenvalue weighted by Crippen LogP contribution is 2.29. The summed E-state index contributed by atoms with van der Waals surface area (Å²) in [5.74, 6) is 1.84. The first-order chi connectivity index (χ1) is 6.90. The van der Waals surface area contributed by atoms with E-state index < -0.39 is 0 Å². The van der Waals surface area contributed by atoms with Crippen LogP contribution in [-0.4, -0.2) is 20.3 Å². The van der Waals surface area contributed by atoms with Crippen molar-refractivity contribution in [3.8, 4) is 0 Å². The van der Waals surface area contributed by atoms with Crippen molar-refractivity contribution >= 4 is 0 Å². The van der Waals surface area contributed by atoms with Gasteiger partial charge in [0.1, 0.15) is 0 Å². The van der Waals surface area contributed by atoms with Gasteiger partial charge >= 0.3 is 0 Å². The van der Waals surface area contributed by atoms with Crippen molar-refractivity contribution in [1.82, 2.24) is 0 Å². The average molecular weight is 194 g/mol. The molecule has 0 unspecified atom stereocenters. The molecule has 0 aromatic carbocycles. The monoisotopic (exact) mass is 194 g/mol. The third-order valence-corrected chi connectivity index (χ3v) is 3.05. The first-order valence-electron chi connectivity index (χ1n) is 5.42. The molecule has 0 spiro atoms. The number of methoxy groups -OCH3 is 1. The zero-order valence-electron chi connectivity index (χ0n) is 8.79. The zero-order chi connectivity index (χ0) is 9.80. The first kappa shape index (κ1) is 9.78. The van der Waals surface area contributed by atoms with Crippen LogP contribution in [0, 0.1) is 5.92 Å². The fourth-order valence-corrected chi connectivity index (χ4v) is 2.17. The summed E-state index contributed by atoms with van der Waals surface area (Å²) in [6, 6.07) is 0. The molecule has 2 nitrogen and oxygen atoms in total. The first-order valence-corrected chi connectivity index (χ1v) is 5.42. The molecule has 0 atom stereocenters. The van der Waals surface area contributed by atoms with Crippen LogP contribution in [0.4, 0.5) is 0 Å². The summed E-state index contributed by atoms with van der Waals surface area (Å²) in [6.45, 7) is 1.83. The highest BCUT2D eigenvalue weighted by molar-refractivity contribution is 5.27. The van der Waals surface area contributed by atoms with Crippen LogP contribution >= 0.6 is 0 Å². The average Bonchev–Trinajstić information content (AvgIpc) is 2.30. The van der Waals surface area contributed by atoms with Crippen LogP contribution < -0.4 is 0 Å². The molecule has 2 heteroatoms. The van der Waals surface area contributed by atoms with Crippen molar-refractivity contribution in [3.63, 3.8) is 0 Å². The maximum atomic E-state index is 5.36. The van der Waals surface area contributed by atoms with Crippen LogP contribution in [0.25, 0.3) is 0 Å². The Morgan fingerprint density at radius 2 is 2.14 bits per heavy atom. The number of hydrogen-bond donors (Lipinski definition) is 0. The molecular formula is C12H18O2. The van der Waals surface area contributed by atoms with E-state index in [0.29, 0.717) is 5.92 Å². The summed E-state index contributed by atoms with van der Waals surface area (Å²) in [4.78, 5) is 0. The Balaban J connectivity index is 2.02. The lowest BCUT2D eigenvalue weighted by Gasteiger charge is -2.25. The molecule has 2 aliphatic rings. The van der Waals surface area contributed by atoms with Crippen LogP contribution in [0.2, 0.25) is 0 Å². The molecule has 0 saturated carbocycles. The fourth-order valence-electron chi connectivity index (χ4n) is 2.17. The van der Waals surface area contributed by atoms with Gasteiger partial charge in [0.2, 0.25) is 0 Å². The molecule has 0 N–H and O–H groups in total. The van der Waals surface area contributed by atoms with Crippen molar-refractivity contribution in [1.29, 1.82) is 0 Å². The summed E-state index contributed by atoms with van der Waals surface area (Å²) in [6.07, 6.45) is 9.10. The van der Waals surface area contributed by atoms with Crippen molar-refractivity contribution in [3.05, 3.63) is 23.5 Å². The Morgan fingerprint density at radius 1 is 1.36 bits per heavy atom. The van der Waals surface area contributed by atoms with Crippen LogP contribution in [0.1, 0.15) is 25.7 Å². The van der Waals surface area contributed by atoms with Crippen LogP contribution in [0.5, 0.6) is 0 Å². The molecule has 1 aliphatic carbocycles. The molecule has 1 saturated heterocycles. The van der Waals surface area contributed by atoms with Crippen molar-refractivity contribution in [2.24, 2.45) is 5.92 Å². The number of hydrogen-bond acceptors (Lipinski definition) is 2. The lowest BCUT2D eigenvalue weighted by Crippen LogP contribution is -2.17. The molecule has 0 amide bonds. The second-order valence-corrected chi connectivity index (χ2v) is 3.94. The topological polar surface area (TPSA) is 18.5 Å². The van der Waals surface area contributed by atoms with Gasteiger partial charge in [0.25, 0.3) is 0 Å². The number of allylic oxidation sites excluding steroid dienone is 4. The minimum absolute atomic E-state index is 0.703. The Morgan fingerprint density at radius 3 is 2.86 bits per heavy atom. The van der Waals surface area contributed by atoms with E-state index in [1.54, 1.807) is 7.11 Å². The fraction of sp³-hybridized carbons (Fsp3) is 0.667. The van der Waals surface area contributed by atoms with Gasteiger partial charge in [-0.05, 0) is 36.8 Å². The SMILES string of the molecule is COC1=CC(C2CCOCC2)=CCC1. The van der Waals surface area contributed by atoms with Crippen molar-refractivity contribution in [2.75, 3.05) is 20.3 Å². The Kier molecular flexibility index (Phi) is 3.25. The molecule has 2 rings (SSSR count). The van der Waals surface area contributed by atoms with E-state index in [0.717, 1.165) is 31.8 Å². The quantitative estimate of drug-likeness (QED) is 0.673. The van der Waals surface area contributed by atoms with E-state index >= 15 is 0 Å². The van der Waals surface area contributed by atoms with Gasteiger partial charge < -0.3 is 9.47 Å². The molecule has 0 radical (unpaired) electrons. The highest BCUT2D eigenvalue weighted by atomic mass is 16.5. The van der Waals surface area contributed by atoms with Crippen LogP contribution in [0.15, 0.2) is 23.5 Å². The normalized spacial score (nSPS) is 24.1. The minimum Gasteiger partial charge on any atom is -0.501 e. The van der Waals surface area contributed by atoms with Gasteiger partial charge in [0.05, 0.1) is 12.9 Å². The maximum absolute atomic E-state index is 5.36. The van der Waals surface area contributed by atoms with E-state index in [1.807, 2.05) is 0 Å². The number of rotatable bonds is 2. The van der Waals surface area contributed by atoms with E-state index in [9.17, 15) is 0 Å². The molecule has 0 aromatic rings. The van der Waals surface area contributed by atoms with Gasteiger partial charge in [0.15, 0.2) is 0 Å². The predicted molar refractivity (Wildman–Crippen MR) is 56.0 cm³/mol. The van der Waals surface area contributed by atoms with Crippen LogP contribution in [-0.2, 0) is 9.47 Å². The molecular weight excluding hydrogens is 176 g/mol. The van der Waals surface area contributed by atoms with Crippen molar-refractivity contribution < 1.29 is 9.47 Å². The third kappa shape index (κ3) is 2.18. The van der Waals surface area contributed by atoms with Crippen LogP contribution in [0.3, 0.4) is 0 Å². The Bertz CT molecular complexity index is 247. The summed E-state index contributed by atoms with van der Waals surface area (Å²) >= 11 is 0. The lowest BCUT2D eigenvalue weighted by atomic mass is 9.88. The lowest BCUT2D eigenvalue weighted by molar-refractivity contribution is 0.0762. The zero-order valence-corrected chi connectivity index (χ0v) is 8.79. The summed E-state index contributed by atoms with van der Waals surface area (Å²) < 4.78 is 10.7. The van der Waals surface area contributed by atoms with E-state index in [4.69, 9.17) is 9.47 Å². The Labute approximate surface area is 85.6 Å². The van der Waals surface area contributed by atoms with E-state index in [1.165, 1.54) is 18.4 Å². The summed E-state index contributed by atoms with van der Waals surface area (Å²) in [7, 11) is 1.76. The van der Waals surface area contributed by atoms with Gasteiger partial charge in [-0.3, -0.25) is 0 Å². The molecule has 1 aliphatic heterocycles. The molecule has 14 heavy (non-hydrogen) atoms. The van der Waals surface area contributed by atoms with Gasteiger partial charge in [-0.25, -0.2) is 0 Å². The molecule has 0 aromatic heterocycles. The largest absolute Gasteiger partial charge is 0.501 e. The summed E-state index contributed by atoms with van der Waals surface area (Å²) in [5.41, 5.74) is 1.47. The molecule has 78 valence electrons. The number of ether oxygens (including phenoxy) is 2. The third-order valence-electron chi connectivity index (χ3n) is 3.05. The van der Waals surface area contributed by atoms with E-state index in [2.05, 4.69) is 12.2 Å². The minimum atomic E-state index is 0.703. The van der Waals surface area contributed by atoms with Gasteiger partial charge in [-0.2, -0.15) is 0 Å². The molecule has 1 heterocycles. The second kappa shape index (κ2) is 4.65. The van der Waals surface area contributed by atoms with Gasteiger partial charge in [0, 0.05) is 19.6 Å². The second-order valence-electron chi connectivity index (χ2n) is 3.94. The van der Waals surface area contributed by atoms with E-state index in [-0.39, 0.29) is 0 Å². The summed E-state index contributed by atoms with van der Waals surface area (Å²) in [5, 5.41) is 0. The molecule has 0 bridgehead atoms. The standard InChI is InChI=1S/C12H18O2/c1-13-12-4-2-3-11(9-12)10-5-7-14-8-6-10/h3,9-10H,2,4-8H2,1H3. The molecule has 1 fully saturated rings. The van der Waals surface area contributed by atoms with Gasteiger partial charge in [-0.15, -0.1) is 0 Å². The van der Waals surface area contributed by atoms with Gasteiger partial charge in [-0.1, -0.05) is 6.08 Å². The highest BCUT2D eigenvalue weighted by Gasteiger charge is 2.18. The Hall–Kier alpha value is -0.760. The predicted octanol–water partition coefficient (Wildman–Crippen LogP) is 2.66. The smallest absolute Gasteiger partial charge is 0.0961 e. The maximum Gasteiger partial charge on any atom is 0.0961 e. The van der Waals surface area contributed by atoms with Crippen molar-refractivity contribution in [2.45, 2.75) is 25.7 Å².